The molecule has 0 spiro atoms. The van der Waals surface area contributed by atoms with E-state index in [2.05, 4.69) is 44.7 Å². The second kappa shape index (κ2) is 10.2. The zero-order valence-electron chi connectivity index (χ0n) is 19.2. The van der Waals surface area contributed by atoms with Crippen molar-refractivity contribution in [2.45, 2.75) is 12.5 Å². The van der Waals surface area contributed by atoms with E-state index in [-0.39, 0.29) is 24.4 Å². The Morgan fingerprint density at radius 3 is 2.50 bits per heavy atom. The molecule has 34 heavy (non-hydrogen) atoms. The molecule has 5 rings (SSSR count). The van der Waals surface area contributed by atoms with Gasteiger partial charge in [0, 0.05) is 69.7 Å². The van der Waals surface area contributed by atoms with Gasteiger partial charge in [-0.05, 0) is 24.3 Å². The Morgan fingerprint density at radius 1 is 0.941 bits per heavy atom. The molecule has 9 nitrogen and oxygen atoms in total. The molecule has 2 N–H and O–H groups in total. The van der Waals surface area contributed by atoms with Gasteiger partial charge in [0.25, 0.3) is 0 Å². The van der Waals surface area contributed by atoms with E-state index in [9.17, 15) is 9.59 Å². The smallest absolute Gasteiger partial charge is 0.315 e. The van der Waals surface area contributed by atoms with Crippen LogP contribution in [-0.2, 0) is 4.79 Å². The van der Waals surface area contributed by atoms with E-state index in [1.807, 2.05) is 24.3 Å². The molecule has 0 unspecified atom stereocenters. The predicted octanol–water partition coefficient (Wildman–Crippen LogP) is 1.68. The van der Waals surface area contributed by atoms with Crippen molar-refractivity contribution in [1.82, 2.24) is 15.5 Å². The van der Waals surface area contributed by atoms with Gasteiger partial charge in [0.05, 0.1) is 6.04 Å². The number of ether oxygens (including phenoxy) is 2. The molecule has 2 aromatic rings. The quantitative estimate of drug-likeness (QED) is 0.675. The van der Waals surface area contributed by atoms with Crippen molar-refractivity contribution in [3.63, 3.8) is 0 Å². The monoisotopic (exact) mass is 465 g/mol. The highest BCUT2D eigenvalue weighted by molar-refractivity contribution is 5.97. The van der Waals surface area contributed by atoms with Crippen LogP contribution >= 0.6 is 0 Å². The summed E-state index contributed by atoms with van der Waals surface area (Å²) in [6, 6.07) is 15.5. The number of urea groups is 1. The highest BCUT2D eigenvalue weighted by Gasteiger charge is 2.32. The van der Waals surface area contributed by atoms with Gasteiger partial charge in [-0.25, -0.2) is 4.79 Å². The largest absolute Gasteiger partial charge is 0.486 e. The fourth-order valence-electron chi connectivity index (χ4n) is 4.69. The third-order valence-electron chi connectivity index (χ3n) is 6.50. The number of carbonyl (C=O) groups is 2. The maximum absolute atomic E-state index is 12.6. The zero-order chi connectivity index (χ0) is 23.3. The first-order valence-corrected chi connectivity index (χ1v) is 11.9. The lowest BCUT2D eigenvalue weighted by Crippen LogP contribution is -2.50. The van der Waals surface area contributed by atoms with Crippen molar-refractivity contribution < 1.29 is 19.1 Å². The highest BCUT2D eigenvalue weighted by atomic mass is 16.6. The zero-order valence-corrected chi connectivity index (χ0v) is 19.2. The van der Waals surface area contributed by atoms with Crippen molar-refractivity contribution >= 4 is 23.3 Å². The molecule has 0 aromatic heterocycles. The minimum atomic E-state index is -0.232. The van der Waals surface area contributed by atoms with Gasteiger partial charge in [0.15, 0.2) is 11.5 Å². The van der Waals surface area contributed by atoms with Gasteiger partial charge in [0.1, 0.15) is 13.2 Å². The van der Waals surface area contributed by atoms with Crippen LogP contribution in [0.15, 0.2) is 48.5 Å². The first-order valence-electron chi connectivity index (χ1n) is 11.9. The molecule has 3 aliphatic rings. The minimum absolute atomic E-state index is 0.0155. The van der Waals surface area contributed by atoms with Gasteiger partial charge in [-0.2, -0.15) is 0 Å². The summed E-state index contributed by atoms with van der Waals surface area (Å²) in [5.74, 6) is 1.32. The summed E-state index contributed by atoms with van der Waals surface area (Å²) >= 11 is 0. The predicted molar refractivity (Wildman–Crippen MR) is 130 cm³/mol. The van der Waals surface area contributed by atoms with Crippen molar-refractivity contribution in [2.24, 2.45) is 0 Å². The van der Waals surface area contributed by atoms with Gasteiger partial charge < -0.3 is 29.9 Å². The first kappa shape index (κ1) is 22.3. The molecule has 2 saturated heterocycles. The van der Waals surface area contributed by atoms with Gasteiger partial charge in [-0.1, -0.05) is 18.2 Å². The van der Waals surface area contributed by atoms with Crippen LogP contribution in [0.4, 0.5) is 16.2 Å². The molecule has 3 amide bonds. The normalized spacial score (nSPS) is 20.4. The van der Waals surface area contributed by atoms with Crippen LogP contribution in [0, 0.1) is 0 Å². The Labute approximate surface area is 199 Å². The van der Waals surface area contributed by atoms with Crippen LogP contribution in [-0.4, -0.2) is 81.9 Å². The lowest BCUT2D eigenvalue weighted by atomic mass is 10.2. The SMILES string of the molecule is O=C(NCCN1CCN(c2ccccc2)CC1)N[C@@H]1CC(=O)N(c2ccc3c(c2)OCCO3)C1. The fraction of sp³-hybridized carbons (Fsp3) is 0.440. The molecular formula is C25H31N5O4. The maximum atomic E-state index is 12.6. The molecule has 2 aromatic carbocycles. The van der Waals surface area contributed by atoms with E-state index in [4.69, 9.17) is 9.47 Å². The number of nitrogens with one attached hydrogen (secondary N) is 2. The maximum Gasteiger partial charge on any atom is 0.315 e. The molecule has 2 fully saturated rings. The molecule has 3 aliphatic heterocycles. The molecule has 9 heteroatoms. The molecular weight excluding hydrogens is 434 g/mol. The Kier molecular flexibility index (Phi) is 6.71. The summed E-state index contributed by atoms with van der Waals surface area (Å²) in [6.45, 7) is 6.75. The molecule has 0 saturated carbocycles. The van der Waals surface area contributed by atoms with Crippen LogP contribution in [0.5, 0.6) is 11.5 Å². The number of para-hydroxylation sites is 1. The van der Waals surface area contributed by atoms with Gasteiger partial charge >= 0.3 is 6.03 Å². The van der Waals surface area contributed by atoms with E-state index >= 15 is 0 Å². The summed E-state index contributed by atoms with van der Waals surface area (Å²) in [6.07, 6.45) is 0.281. The van der Waals surface area contributed by atoms with E-state index in [0.717, 1.165) is 38.4 Å². The lowest BCUT2D eigenvalue weighted by molar-refractivity contribution is -0.117. The third-order valence-corrected chi connectivity index (χ3v) is 6.50. The molecule has 1 atom stereocenters. The summed E-state index contributed by atoms with van der Waals surface area (Å²) < 4.78 is 11.2. The number of piperazine rings is 1. The standard InChI is InChI=1S/C25H31N5O4/c31-24-16-19(18-30(24)21-6-7-22-23(17-21)34-15-14-33-22)27-25(32)26-8-9-28-10-12-29(13-11-28)20-4-2-1-3-5-20/h1-7,17,19H,8-16,18H2,(H2,26,27,32)/t19-/m1/s1. The number of rotatable bonds is 6. The molecule has 3 heterocycles. The number of fused-ring (bicyclic) bond motifs is 1. The lowest BCUT2D eigenvalue weighted by Gasteiger charge is -2.36. The van der Waals surface area contributed by atoms with Crippen molar-refractivity contribution in [1.29, 1.82) is 0 Å². The Hall–Kier alpha value is -3.46. The highest BCUT2D eigenvalue weighted by Crippen LogP contribution is 2.35. The summed E-state index contributed by atoms with van der Waals surface area (Å²) in [7, 11) is 0. The van der Waals surface area contributed by atoms with Gasteiger partial charge in [-0.15, -0.1) is 0 Å². The second-order valence-corrected chi connectivity index (χ2v) is 8.80. The van der Waals surface area contributed by atoms with E-state index < -0.39 is 0 Å². The Morgan fingerprint density at radius 2 is 1.71 bits per heavy atom. The number of hydrogen-bond acceptors (Lipinski definition) is 6. The van der Waals surface area contributed by atoms with Crippen LogP contribution in [0.3, 0.4) is 0 Å². The van der Waals surface area contributed by atoms with Crippen molar-refractivity contribution in [3.05, 3.63) is 48.5 Å². The van der Waals surface area contributed by atoms with Crippen LogP contribution in [0.2, 0.25) is 0 Å². The van der Waals surface area contributed by atoms with E-state index in [0.29, 0.717) is 37.8 Å². The first-order chi connectivity index (χ1) is 16.7. The molecule has 180 valence electrons. The van der Waals surface area contributed by atoms with Crippen LogP contribution in [0.25, 0.3) is 0 Å². The summed E-state index contributed by atoms with van der Waals surface area (Å²) in [4.78, 5) is 31.4. The fourth-order valence-corrected chi connectivity index (χ4v) is 4.69. The minimum Gasteiger partial charge on any atom is -0.486 e. The number of anilines is 2. The summed E-state index contributed by atoms with van der Waals surface area (Å²) in [5, 5.41) is 5.88. The summed E-state index contributed by atoms with van der Waals surface area (Å²) in [5.41, 5.74) is 2.02. The number of amides is 3. The number of carbonyl (C=O) groups excluding carboxylic acids is 2. The molecule has 0 bridgehead atoms. The third kappa shape index (κ3) is 5.20. The Balaban J connectivity index is 1.03. The topological polar surface area (TPSA) is 86.4 Å². The van der Waals surface area contributed by atoms with Crippen LogP contribution < -0.4 is 29.9 Å². The van der Waals surface area contributed by atoms with Gasteiger partial charge in [0.2, 0.25) is 5.91 Å². The average molecular weight is 466 g/mol. The second-order valence-electron chi connectivity index (χ2n) is 8.80. The van der Waals surface area contributed by atoms with Crippen LogP contribution in [0.1, 0.15) is 6.42 Å². The molecule has 0 radical (unpaired) electrons. The van der Waals surface area contributed by atoms with Gasteiger partial charge in [-0.3, -0.25) is 9.69 Å². The molecule has 0 aliphatic carbocycles. The Bertz CT molecular complexity index is 1010. The number of hydrogen-bond donors (Lipinski definition) is 2. The number of benzene rings is 2. The van der Waals surface area contributed by atoms with Crippen molar-refractivity contribution in [2.75, 3.05) is 68.8 Å². The van der Waals surface area contributed by atoms with E-state index in [1.54, 1.807) is 4.90 Å². The average Bonchev–Trinajstić information content (AvgIpc) is 3.24. The van der Waals surface area contributed by atoms with E-state index in [1.165, 1.54) is 5.69 Å². The number of nitrogens with zero attached hydrogens (tertiary/aromatic N) is 3. The van der Waals surface area contributed by atoms with Crippen molar-refractivity contribution in [3.8, 4) is 11.5 Å².